The molecule has 0 radical (unpaired) electrons. The van der Waals surface area contributed by atoms with Crippen LogP contribution in [0.1, 0.15) is 36.8 Å². The molecule has 7 heteroatoms. The minimum atomic E-state index is -0.814. The fourth-order valence-corrected chi connectivity index (χ4v) is 3.75. The summed E-state index contributed by atoms with van der Waals surface area (Å²) in [6.07, 6.45) is 6.93. The first-order valence-corrected chi connectivity index (χ1v) is 8.88. The summed E-state index contributed by atoms with van der Waals surface area (Å²) in [5.41, 5.74) is 3.81. The zero-order chi connectivity index (χ0) is 17.4. The first-order chi connectivity index (χ1) is 12.1. The van der Waals surface area contributed by atoms with Gasteiger partial charge in [0.15, 0.2) is 0 Å². The van der Waals surface area contributed by atoms with Crippen LogP contribution < -0.4 is 15.7 Å². The predicted octanol–water partition coefficient (Wildman–Crippen LogP) is 2.13. The number of rotatable bonds is 4. The van der Waals surface area contributed by atoms with E-state index in [9.17, 15) is 5.02 Å². The van der Waals surface area contributed by atoms with Gasteiger partial charge < -0.3 is 19.9 Å². The number of fused-ring (bicyclic) bond motifs is 1. The lowest BCUT2D eigenvalue weighted by Crippen LogP contribution is -2.30. The molecule has 0 atom stereocenters. The first-order valence-electron chi connectivity index (χ1n) is 8.88. The third kappa shape index (κ3) is 3.21. The van der Waals surface area contributed by atoms with E-state index in [1.165, 1.54) is 25.7 Å². The van der Waals surface area contributed by atoms with Crippen LogP contribution >= 0.6 is 0 Å². The lowest BCUT2D eigenvalue weighted by atomic mass is 9.79. The maximum Gasteiger partial charge on any atom is 0.491 e. The van der Waals surface area contributed by atoms with E-state index in [-0.39, 0.29) is 0 Å². The Morgan fingerprint density at radius 2 is 2.12 bits per heavy atom. The van der Waals surface area contributed by atoms with Gasteiger partial charge in [-0.2, -0.15) is 4.98 Å². The summed E-state index contributed by atoms with van der Waals surface area (Å²) in [6, 6.07) is 6.35. The van der Waals surface area contributed by atoms with Crippen molar-refractivity contribution in [3.63, 3.8) is 0 Å². The standard InChI is InChI=1S/C18H23BN4O2/c1-12-10-20-18(22-17(12)23(2)15-5-3-4-6-15)21-14-7-8-16-13(9-14)11-25-19(16)24/h7-10,15,24H,3-6,11H2,1-2H3,(H,20,21,22). The first kappa shape index (κ1) is 16.4. The SMILES string of the molecule is Cc1cnc(Nc2ccc3c(c2)COB3O)nc1N(C)C1CCCC1. The Morgan fingerprint density at radius 1 is 1.32 bits per heavy atom. The summed E-state index contributed by atoms with van der Waals surface area (Å²) < 4.78 is 5.24. The van der Waals surface area contributed by atoms with Crippen LogP contribution in [0.2, 0.25) is 0 Å². The molecule has 2 aromatic rings. The van der Waals surface area contributed by atoms with E-state index in [4.69, 9.17) is 9.64 Å². The molecule has 25 heavy (non-hydrogen) atoms. The Hall–Kier alpha value is -2.12. The number of nitrogens with zero attached hydrogens (tertiary/aromatic N) is 3. The second kappa shape index (κ2) is 6.65. The zero-order valence-electron chi connectivity index (χ0n) is 14.7. The molecule has 2 N–H and O–H groups in total. The summed E-state index contributed by atoms with van der Waals surface area (Å²) in [5, 5.41) is 13.0. The fourth-order valence-electron chi connectivity index (χ4n) is 3.75. The molecule has 1 fully saturated rings. The Balaban J connectivity index is 1.56. The average Bonchev–Trinajstić information content (AvgIpc) is 3.26. The van der Waals surface area contributed by atoms with Crippen molar-refractivity contribution in [2.75, 3.05) is 17.3 Å². The van der Waals surface area contributed by atoms with Crippen LogP contribution in [0.25, 0.3) is 0 Å². The van der Waals surface area contributed by atoms with Crippen molar-refractivity contribution in [2.24, 2.45) is 0 Å². The van der Waals surface area contributed by atoms with Crippen LogP contribution in [0, 0.1) is 6.92 Å². The largest absolute Gasteiger partial charge is 0.491 e. The second-order valence-corrected chi connectivity index (χ2v) is 6.95. The van der Waals surface area contributed by atoms with Gasteiger partial charge >= 0.3 is 7.12 Å². The average molecular weight is 338 g/mol. The van der Waals surface area contributed by atoms with Gasteiger partial charge in [-0.3, -0.25) is 0 Å². The Kier molecular flexibility index (Phi) is 4.35. The molecule has 4 rings (SSSR count). The number of aromatic nitrogens is 2. The van der Waals surface area contributed by atoms with E-state index < -0.39 is 7.12 Å². The molecule has 6 nitrogen and oxygen atoms in total. The van der Waals surface area contributed by atoms with Gasteiger partial charge in [0.2, 0.25) is 5.95 Å². The van der Waals surface area contributed by atoms with Crippen LogP contribution in [0.5, 0.6) is 0 Å². The smallest absolute Gasteiger partial charge is 0.423 e. The zero-order valence-corrected chi connectivity index (χ0v) is 14.7. The number of aryl methyl sites for hydroxylation is 1. The molecule has 1 aliphatic carbocycles. The monoisotopic (exact) mass is 338 g/mol. The molecule has 2 aliphatic rings. The van der Waals surface area contributed by atoms with Crippen molar-refractivity contribution in [2.45, 2.75) is 45.3 Å². The molecule has 0 unspecified atom stereocenters. The van der Waals surface area contributed by atoms with E-state index >= 15 is 0 Å². The number of hydrogen-bond acceptors (Lipinski definition) is 6. The molecule has 1 aromatic heterocycles. The van der Waals surface area contributed by atoms with E-state index in [1.807, 2.05) is 24.4 Å². The Morgan fingerprint density at radius 3 is 2.92 bits per heavy atom. The molecule has 1 aromatic carbocycles. The van der Waals surface area contributed by atoms with E-state index in [0.29, 0.717) is 18.6 Å². The van der Waals surface area contributed by atoms with Crippen LogP contribution in [0.4, 0.5) is 17.5 Å². The lowest BCUT2D eigenvalue weighted by molar-refractivity contribution is 0.275. The highest BCUT2D eigenvalue weighted by Crippen LogP contribution is 2.28. The van der Waals surface area contributed by atoms with Crippen LogP contribution in [0.3, 0.4) is 0 Å². The molecule has 130 valence electrons. The van der Waals surface area contributed by atoms with Crippen molar-refractivity contribution in [3.05, 3.63) is 35.5 Å². The van der Waals surface area contributed by atoms with Gasteiger partial charge in [0.05, 0.1) is 6.61 Å². The normalized spacial score (nSPS) is 17.0. The van der Waals surface area contributed by atoms with Crippen LogP contribution in [0.15, 0.2) is 24.4 Å². The number of benzene rings is 1. The van der Waals surface area contributed by atoms with Gasteiger partial charge in [-0.25, -0.2) is 4.98 Å². The van der Waals surface area contributed by atoms with E-state index in [0.717, 1.165) is 28.1 Å². The van der Waals surface area contributed by atoms with Crippen LogP contribution in [-0.4, -0.2) is 35.2 Å². The van der Waals surface area contributed by atoms with Crippen LogP contribution in [-0.2, 0) is 11.3 Å². The summed E-state index contributed by atoms with van der Waals surface area (Å²) in [4.78, 5) is 11.5. The maximum absolute atomic E-state index is 9.72. The molecule has 0 amide bonds. The highest BCUT2D eigenvalue weighted by molar-refractivity contribution is 6.61. The molecule has 0 bridgehead atoms. The Bertz CT molecular complexity index is 780. The number of hydrogen-bond donors (Lipinski definition) is 2. The van der Waals surface area contributed by atoms with Crippen molar-refractivity contribution < 1.29 is 9.68 Å². The highest BCUT2D eigenvalue weighted by Gasteiger charge is 2.27. The molecule has 0 saturated heterocycles. The quantitative estimate of drug-likeness (QED) is 0.833. The van der Waals surface area contributed by atoms with Gasteiger partial charge in [-0.15, -0.1) is 0 Å². The van der Waals surface area contributed by atoms with Gasteiger partial charge in [-0.1, -0.05) is 18.9 Å². The molecule has 0 spiro atoms. The predicted molar refractivity (Wildman–Crippen MR) is 99.5 cm³/mol. The molecular weight excluding hydrogens is 315 g/mol. The lowest BCUT2D eigenvalue weighted by Gasteiger charge is -2.27. The van der Waals surface area contributed by atoms with Crippen molar-refractivity contribution in [1.29, 1.82) is 0 Å². The van der Waals surface area contributed by atoms with Gasteiger partial charge in [0.25, 0.3) is 0 Å². The van der Waals surface area contributed by atoms with Crippen molar-refractivity contribution >= 4 is 30.0 Å². The summed E-state index contributed by atoms with van der Waals surface area (Å²) in [5.74, 6) is 1.58. The third-order valence-corrected chi connectivity index (χ3v) is 5.21. The maximum atomic E-state index is 9.72. The van der Waals surface area contributed by atoms with Gasteiger partial charge in [0.1, 0.15) is 5.82 Å². The molecule has 2 heterocycles. The van der Waals surface area contributed by atoms with E-state index in [1.54, 1.807) is 0 Å². The Labute approximate surface area is 148 Å². The van der Waals surface area contributed by atoms with E-state index in [2.05, 4.69) is 29.2 Å². The summed E-state index contributed by atoms with van der Waals surface area (Å²) in [7, 11) is 1.31. The van der Waals surface area contributed by atoms with Crippen molar-refractivity contribution in [3.8, 4) is 0 Å². The number of anilines is 3. The second-order valence-electron chi connectivity index (χ2n) is 6.95. The highest BCUT2D eigenvalue weighted by atomic mass is 16.5. The summed E-state index contributed by atoms with van der Waals surface area (Å²) in [6.45, 7) is 2.48. The van der Waals surface area contributed by atoms with Gasteiger partial charge in [-0.05, 0) is 42.9 Å². The van der Waals surface area contributed by atoms with Gasteiger partial charge in [0, 0.05) is 30.5 Å². The molecule has 1 saturated carbocycles. The summed E-state index contributed by atoms with van der Waals surface area (Å²) >= 11 is 0. The molecular formula is C18H23BN4O2. The number of nitrogens with one attached hydrogen (secondary N) is 1. The minimum absolute atomic E-state index is 0.427. The van der Waals surface area contributed by atoms with Crippen molar-refractivity contribution in [1.82, 2.24) is 9.97 Å². The molecule has 1 aliphatic heterocycles. The topological polar surface area (TPSA) is 70.5 Å². The minimum Gasteiger partial charge on any atom is -0.423 e. The fraction of sp³-hybridized carbons (Fsp3) is 0.444. The third-order valence-electron chi connectivity index (χ3n) is 5.21.